The fourth-order valence-corrected chi connectivity index (χ4v) is 4.12. The lowest BCUT2D eigenvalue weighted by Gasteiger charge is -2.30. The first-order valence-corrected chi connectivity index (χ1v) is 9.96. The van der Waals surface area contributed by atoms with Gasteiger partial charge in [-0.15, -0.1) is 0 Å². The summed E-state index contributed by atoms with van der Waals surface area (Å²) >= 11 is 0. The van der Waals surface area contributed by atoms with Gasteiger partial charge in [0.05, 0.1) is 38.6 Å². The van der Waals surface area contributed by atoms with Crippen LogP contribution in [0.4, 0.5) is 0 Å². The van der Waals surface area contributed by atoms with Crippen LogP contribution in [-0.2, 0) is 14.3 Å². The molecule has 2 unspecified atom stereocenters. The Morgan fingerprint density at radius 1 is 1.14 bits per heavy atom. The summed E-state index contributed by atoms with van der Waals surface area (Å²) in [5.41, 5.74) is 1.86. The Morgan fingerprint density at radius 3 is 2.52 bits per heavy atom. The monoisotopic (exact) mass is 397 g/mol. The van der Waals surface area contributed by atoms with Crippen LogP contribution in [0.1, 0.15) is 27.7 Å². The van der Waals surface area contributed by atoms with Crippen LogP contribution in [0.25, 0.3) is 0 Å². The standard InChI is InChI=1S/C22H24N2O5/c1-15-4-6-16(7-5-15)19-18(20(25)17-3-2-12-29-17)21(26)22(27)24(19)9-8-23-10-13-28-14-11-23/h2-7,12,18-19H,8-11,13-14H2,1H3/p+1. The summed E-state index contributed by atoms with van der Waals surface area (Å²) in [5, 5.41) is 0. The molecule has 0 spiro atoms. The molecular weight excluding hydrogens is 372 g/mol. The van der Waals surface area contributed by atoms with Crippen molar-refractivity contribution < 1.29 is 28.4 Å². The predicted octanol–water partition coefficient (Wildman–Crippen LogP) is 0.455. The zero-order chi connectivity index (χ0) is 20.4. The molecule has 1 N–H and O–H groups in total. The van der Waals surface area contributed by atoms with Crippen LogP contribution in [0.3, 0.4) is 0 Å². The molecule has 0 radical (unpaired) electrons. The van der Waals surface area contributed by atoms with Gasteiger partial charge in [-0.1, -0.05) is 29.8 Å². The molecule has 0 aliphatic carbocycles. The Labute approximate surface area is 169 Å². The number of ketones is 2. The van der Waals surface area contributed by atoms with Crippen LogP contribution in [0.15, 0.2) is 47.1 Å². The van der Waals surface area contributed by atoms with Crippen molar-refractivity contribution in [3.63, 3.8) is 0 Å². The summed E-state index contributed by atoms with van der Waals surface area (Å²) in [7, 11) is 0. The molecule has 3 heterocycles. The highest BCUT2D eigenvalue weighted by Crippen LogP contribution is 2.38. The lowest BCUT2D eigenvalue weighted by Crippen LogP contribution is -3.14. The molecule has 2 saturated heterocycles. The van der Waals surface area contributed by atoms with Crippen LogP contribution in [0, 0.1) is 12.8 Å². The van der Waals surface area contributed by atoms with Gasteiger partial charge < -0.3 is 19.0 Å². The normalized spacial score (nSPS) is 23.0. The largest absolute Gasteiger partial charge is 0.461 e. The Balaban J connectivity index is 1.64. The van der Waals surface area contributed by atoms with Crippen LogP contribution in [-0.4, -0.2) is 61.8 Å². The lowest BCUT2D eigenvalue weighted by atomic mass is 9.88. The first-order valence-electron chi connectivity index (χ1n) is 9.96. The molecule has 1 aromatic heterocycles. The van der Waals surface area contributed by atoms with Crippen molar-refractivity contribution in [3.8, 4) is 0 Å². The second kappa shape index (κ2) is 8.31. The molecule has 0 saturated carbocycles. The molecule has 1 aromatic carbocycles. The van der Waals surface area contributed by atoms with Crippen LogP contribution < -0.4 is 4.90 Å². The number of rotatable bonds is 6. The summed E-state index contributed by atoms with van der Waals surface area (Å²) in [6, 6.07) is 10.2. The number of Topliss-reactive ketones (excluding diaryl/α,β-unsaturated/α-hetero) is 2. The average Bonchev–Trinajstić information content (AvgIpc) is 3.36. The van der Waals surface area contributed by atoms with Gasteiger partial charge in [0.2, 0.25) is 11.6 Å². The highest BCUT2D eigenvalue weighted by atomic mass is 16.5. The molecule has 1 amide bonds. The van der Waals surface area contributed by atoms with Gasteiger partial charge in [-0.2, -0.15) is 0 Å². The maximum atomic E-state index is 13.1. The van der Waals surface area contributed by atoms with Gasteiger partial charge in [0, 0.05) is 0 Å². The van der Waals surface area contributed by atoms with Crippen molar-refractivity contribution in [2.75, 3.05) is 39.4 Å². The Morgan fingerprint density at radius 2 is 1.86 bits per heavy atom. The van der Waals surface area contributed by atoms with E-state index < -0.39 is 29.4 Å². The number of quaternary nitrogens is 1. The summed E-state index contributed by atoms with van der Waals surface area (Å²) in [6.45, 7) is 6.25. The summed E-state index contributed by atoms with van der Waals surface area (Å²) in [6.07, 6.45) is 1.40. The van der Waals surface area contributed by atoms with E-state index in [9.17, 15) is 14.4 Å². The van der Waals surface area contributed by atoms with E-state index in [1.54, 1.807) is 11.0 Å². The number of hydrogen-bond acceptors (Lipinski definition) is 5. The number of likely N-dealkylation sites (tertiary alicyclic amines) is 1. The van der Waals surface area contributed by atoms with Gasteiger partial charge in [0.25, 0.3) is 5.91 Å². The third-order valence-electron chi connectivity index (χ3n) is 5.78. The number of aryl methyl sites for hydroxylation is 1. The van der Waals surface area contributed by atoms with Crippen molar-refractivity contribution in [1.29, 1.82) is 0 Å². The van der Waals surface area contributed by atoms with Crippen molar-refractivity contribution in [3.05, 3.63) is 59.5 Å². The number of carbonyl (C=O) groups is 3. The molecule has 2 aliphatic rings. The summed E-state index contributed by atoms with van der Waals surface area (Å²) < 4.78 is 10.6. The zero-order valence-electron chi connectivity index (χ0n) is 16.4. The third-order valence-corrected chi connectivity index (χ3v) is 5.78. The molecule has 4 rings (SSSR count). The quantitative estimate of drug-likeness (QED) is 0.435. The molecule has 29 heavy (non-hydrogen) atoms. The molecule has 7 nitrogen and oxygen atoms in total. The van der Waals surface area contributed by atoms with E-state index in [0.29, 0.717) is 26.3 Å². The number of amides is 1. The summed E-state index contributed by atoms with van der Waals surface area (Å²) in [4.78, 5) is 41.7. The number of nitrogens with zero attached hydrogens (tertiary/aromatic N) is 1. The third kappa shape index (κ3) is 3.88. The van der Waals surface area contributed by atoms with Gasteiger partial charge in [-0.05, 0) is 24.6 Å². The zero-order valence-corrected chi connectivity index (χ0v) is 16.4. The first kappa shape index (κ1) is 19.5. The van der Waals surface area contributed by atoms with Crippen molar-refractivity contribution >= 4 is 17.5 Å². The second-order valence-electron chi connectivity index (χ2n) is 7.65. The van der Waals surface area contributed by atoms with E-state index in [4.69, 9.17) is 9.15 Å². The Kier molecular flexibility index (Phi) is 5.60. The van der Waals surface area contributed by atoms with Crippen molar-refractivity contribution in [2.45, 2.75) is 13.0 Å². The molecule has 152 valence electrons. The molecular formula is C22H25N2O5+. The number of furan rings is 1. The highest BCUT2D eigenvalue weighted by molar-refractivity contribution is 6.43. The fourth-order valence-electron chi connectivity index (χ4n) is 4.12. The van der Waals surface area contributed by atoms with Gasteiger partial charge in [0.1, 0.15) is 19.0 Å². The number of benzene rings is 1. The van der Waals surface area contributed by atoms with E-state index >= 15 is 0 Å². The Bertz CT molecular complexity index is 884. The second-order valence-corrected chi connectivity index (χ2v) is 7.65. The molecule has 7 heteroatoms. The minimum Gasteiger partial charge on any atom is -0.461 e. The van der Waals surface area contributed by atoms with Crippen LogP contribution in [0.5, 0.6) is 0 Å². The van der Waals surface area contributed by atoms with E-state index in [-0.39, 0.29) is 5.76 Å². The minimum absolute atomic E-state index is 0.105. The summed E-state index contributed by atoms with van der Waals surface area (Å²) in [5.74, 6) is -2.67. The number of ether oxygens (including phenoxy) is 1. The van der Waals surface area contributed by atoms with E-state index in [1.807, 2.05) is 31.2 Å². The molecule has 2 atom stereocenters. The van der Waals surface area contributed by atoms with Crippen molar-refractivity contribution in [2.24, 2.45) is 5.92 Å². The molecule has 2 fully saturated rings. The highest BCUT2D eigenvalue weighted by Gasteiger charge is 2.52. The number of carbonyl (C=O) groups excluding carboxylic acids is 3. The molecule has 2 aliphatic heterocycles. The maximum absolute atomic E-state index is 13.1. The van der Waals surface area contributed by atoms with E-state index in [2.05, 4.69) is 0 Å². The van der Waals surface area contributed by atoms with Crippen molar-refractivity contribution in [1.82, 2.24) is 4.90 Å². The van der Waals surface area contributed by atoms with Crippen LogP contribution in [0.2, 0.25) is 0 Å². The molecule has 0 bridgehead atoms. The lowest BCUT2D eigenvalue weighted by molar-refractivity contribution is -0.907. The fraction of sp³-hybridized carbons (Fsp3) is 0.409. The van der Waals surface area contributed by atoms with E-state index in [1.165, 1.54) is 17.2 Å². The first-order chi connectivity index (χ1) is 14.1. The number of hydrogen-bond donors (Lipinski definition) is 1. The molecule has 2 aromatic rings. The van der Waals surface area contributed by atoms with Gasteiger partial charge in [0.15, 0.2) is 5.76 Å². The SMILES string of the molecule is Cc1ccc(C2C(C(=O)c3ccco3)C(=O)C(=O)N2CC[NH+]2CCOCC2)cc1. The average molecular weight is 397 g/mol. The van der Waals surface area contributed by atoms with E-state index in [0.717, 1.165) is 24.2 Å². The number of morpholine rings is 1. The number of nitrogens with one attached hydrogen (secondary N) is 1. The predicted molar refractivity (Wildman–Crippen MR) is 104 cm³/mol. The van der Waals surface area contributed by atoms with Crippen LogP contribution >= 0.6 is 0 Å². The topological polar surface area (TPSA) is 81.3 Å². The maximum Gasteiger partial charge on any atom is 0.291 e. The Hall–Kier alpha value is -2.77. The van der Waals surface area contributed by atoms with Gasteiger partial charge >= 0.3 is 0 Å². The smallest absolute Gasteiger partial charge is 0.291 e. The minimum atomic E-state index is -1.09. The van der Waals surface area contributed by atoms with Gasteiger partial charge in [-0.3, -0.25) is 14.4 Å². The van der Waals surface area contributed by atoms with Gasteiger partial charge in [-0.25, -0.2) is 0 Å².